The van der Waals surface area contributed by atoms with Crippen LogP contribution in [0.3, 0.4) is 0 Å². The van der Waals surface area contributed by atoms with Crippen molar-refractivity contribution in [2.45, 2.75) is 58.4 Å². The number of rotatable bonds is 5. The summed E-state index contributed by atoms with van der Waals surface area (Å²) in [5.41, 5.74) is 0.398. The van der Waals surface area contributed by atoms with Gasteiger partial charge in [-0.05, 0) is 37.6 Å². The van der Waals surface area contributed by atoms with Gasteiger partial charge in [-0.1, -0.05) is 26.7 Å². The number of likely N-dealkylation sites (tertiary alicyclic amines) is 1. The molecule has 1 unspecified atom stereocenters. The van der Waals surface area contributed by atoms with Crippen molar-refractivity contribution in [2.24, 2.45) is 5.41 Å². The van der Waals surface area contributed by atoms with Crippen LogP contribution in [0.5, 0.6) is 0 Å². The lowest BCUT2D eigenvalue weighted by molar-refractivity contribution is -0.130. The molecule has 0 radical (unpaired) electrons. The first-order valence-corrected chi connectivity index (χ1v) is 7.17. The van der Waals surface area contributed by atoms with Crippen LogP contribution in [-0.4, -0.2) is 36.5 Å². The van der Waals surface area contributed by atoms with Crippen LogP contribution in [0.25, 0.3) is 0 Å². The van der Waals surface area contributed by atoms with Crippen LogP contribution < -0.4 is 5.32 Å². The Balaban J connectivity index is 1.84. The van der Waals surface area contributed by atoms with Gasteiger partial charge in [0.05, 0.1) is 6.04 Å². The molecule has 1 atom stereocenters. The van der Waals surface area contributed by atoms with E-state index in [1.165, 1.54) is 25.7 Å². The minimum absolute atomic E-state index is 0.0972. The quantitative estimate of drug-likeness (QED) is 0.796. The van der Waals surface area contributed by atoms with E-state index in [9.17, 15) is 4.79 Å². The van der Waals surface area contributed by atoms with Crippen LogP contribution in [0, 0.1) is 5.41 Å². The van der Waals surface area contributed by atoms with Gasteiger partial charge in [0.25, 0.3) is 0 Å². The van der Waals surface area contributed by atoms with Crippen molar-refractivity contribution in [1.29, 1.82) is 0 Å². The predicted octanol–water partition coefficient (Wildman–Crippen LogP) is 2.17. The number of amides is 1. The molecule has 98 valence electrons. The number of carbonyl (C=O) groups excluding carboxylic acids is 1. The summed E-state index contributed by atoms with van der Waals surface area (Å²) in [5, 5.41) is 3.36. The van der Waals surface area contributed by atoms with Crippen LogP contribution in [0.15, 0.2) is 0 Å². The molecule has 2 aliphatic rings. The van der Waals surface area contributed by atoms with Gasteiger partial charge in [0.2, 0.25) is 5.91 Å². The molecule has 1 aliphatic heterocycles. The smallest absolute Gasteiger partial charge is 0.239 e. The fourth-order valence-electron chi connectivity index (χ4n) is 3.25. The zero-order chi connectivity index (χ0) is 12.3. The molecule has 3 heteroatoms. The summed E-state index contributed by atoms with van der Waals surface area (Å²) in [4.78, 5) is 14.3. The lowest BCUT2D eigenvalue weighted by atomic mass is 9.88. The molecule has 3 nitrogen and oxygen atoms in total. The third kappa shape index (κ3) is 3.01. The van der Waals surface area contributed by atoms with E-state index < -0.39 is 0 Å². The van der Waals surface area contributed by atoms with Gasteiger partial charge >= 0.3 is 0 Å². The van der Waals surface area contributed by atoms with E-state index in [1.54, 1.807) is 0 Å². The highest BCUT2D eigenvalue weighted by Crippen LogP contribution is 2.38. The highest BCUT2D eigenvalue weighted by atomic mass is 16.2. The Labute approximate surface area is 105 Å². The Morgan fingerprint density at radius 1 is 1.41 bits per heavy atom. The number of hydrogen-bond acceptors (Lipinski definition) is 2. The van der Waals surface area contributed by atoms with Gasteiger partial charge in [0.15, 0.2) is 0 Å². The van der Waals surface area contributed by atoms with Gasteiger partial charge in [-0.2, -0.15) is 0 Å². The molecule has 1 N–H and O–H groups in total. The molecular weight excluding hydrogens is 212 g/mol. The summed E-state index contributed by atoms with van der Waals surface area (Å²) >= 11 is 0. The van der Waals surface area contributed by atoms with Gasteiger partial charge in [-0.3, -0.25) is 4.79 Å². The number of carbonyl (C=O) groups is 1. The molecule has 2 rings (SSSR count). The summed E-state index contributed by atoms with van der Waals surface area (Å²) in [5.74, 6) is 0.339. The maximum atomic E-state index is 12.2. The fraction of sp³-hybridized carbons (Fsp3) is 0.929. The van der Waals surface area contributed by atoms with Crippen molar-refractivity contribution in [3.05, 3.63) is 0 Å². The van der Waals surface area contributed by atoms with Crippen LogP contribution in [-0.2, 0) is 4.79 Å². The molecule has 0 aromatic rings. The molecule has 0 bridgehead atoms. The number of nitrogens with one attached hydrogen (secondary N) is 1. The second kappa shape index (κ2) is 5.38. The third-order valence-electron chi connectivity index (χ3n) is 4.32. The first-order valence-electron chi connectivity index (χ1n) is 7.17. The van der Waals surface area contributed by atoms with E-state index in [-0.39, 0.29) is 6.04 Å². The highest BCUT2D eigenvalue weighted by molar-refractivity contribution is 5.84. The predicted molar refractivity (Wildman–Crippen MR) is 69.9 cm³/mol. The third-order valence-corrected chi connectivity index (χ3v) is 4.32. The Morgan fingerprint density at radius 2 is 2.12 bits per heavy atom. The lowest BCUT2D eigenvalue weighted by Crippen LogP contribution is -2.42. The molecular formula is C14H26N2O. The summed E-state index contributed by atoms with van der Waals surface area (Å²) in [6.45, 7) is 7.39. The van der Waals surface area contributed by atoms with Crippen LogP contribution >= 0.6 is 0 Å². The number of hydrogen-bond donors (Lipinski definition) is 1. The molecule has 1 aliphatic carbocycles. The van der Waals surface area contributed by atoms with Crippen LogP contribution in [0.1, 0.15) is 52.4 Å². The largest absolute Gasteiger partial charge is 0.341 e. The summed E-state index contributed by atoms with van der Waals surface area (Å²) in [6, 6.07) is 0.0972. The second-order valence-electron chi connectivity index (χ2n) is 6.07. The molecule has 1 saturated carbocycles. The van der Waals surface area contributed by atoms with Gasteiger partial charge in [0.1, 0.15) is 0 Å². The van der Waals surface area contributed by atoms with Gasteiger partial charge in [0, 0.05) is 13.1 Å². The lowest BCUT2D eigenvalue weighted by Gasteiger charge is -2.29. The van der Waals surface area contributed by atoms with Gasteiger partial charge in [-0.15, -0.1) is 0 Å². The Hall–Kier alpha value is -0.570. The highest BCUT2D eigenvalue weighted by Gasteiger charge is 2.37. The van der Waals surface area contributed by atoms with Crippen molar-refractivity contribution in [2.75, 3.05) is 19.6 Å². The standard InChI is InChI=1S/C14H26N2O/c1-3-9-15-12-6-10-16(13(12)17)11-14(2)7-4-5-8-14/h12,15H,3-11H2,1-2H3. The fourth-order valence-corrected chi connectivity index (χ4v) is 3.25. The molecule has 0 aromatic heterocycles. The van der Waals surface area contributed by atoms with E-state index in [0.717, 1.165) is 32.5 Å². The molecule has 17 heavy (non-hydrogen) atoms. The Kier molecular flexibility index (Phi) is 4.08. The monoisotopic (exact) mass is 238 g/mol. The zero-order valence-corrected chi connectivity index (χ0v) is 11.3. The van der Waals surface area contributed by atoms with E-state index in [0.29, 0.717) is 11.3 Å². The zero-order valence-electron chi connectivity index (χ0n) is 11.3. The van der Waals surface area contributed by atoms with Crippen molar-refractivity contribution >= 4 is 5.91 Å². The molecule has 1 saturated heterocycles. The minimum atomic E-state index is 0.0972. The summed E-state index contributed by atoms with van der Waals surface area (Å²) in [7, 11) is 0. The van der Waals surface area contributed by atoms with E-state index in [4.69, 9.17) is 0 Å². The average molecular weight is 238 g/mol. The van der Waals surface area contributed by atoms with Crippen molar-refractivity contribution in [3.8, 4) is 0 Å². The van der Waals surface area contributed by atoms with Crippen molar-refractivity contribution < 1.29 is 4.79 Å². The van der Waals surface area contributed by atoms with Gasteiger partial charge in [-0.25, -0.2) is 0 Å². The van der Waals surface area contributed by atoms with Crippen molar-refractivity contribution in [3.63, 3.8) is 0 Å². The topological polar surface area (TPSA) is 32.3 Å². The average Bonchev–Trinajstić information content (AvgIpc) is 2.86. The molecule has 1 heterocycles. The van der Waals surface area contributed by atoms with Gasteiger partial charge < -0.3 is 10.2 Å². The summed E-state index contributed by atoms with van der Waals surface area (Å²) < 4.78 is 0. The molecule has 0 spiro atoms. The Bertz CT molecular complexity index is 271. The van der Waals surface area contributed by atoms with E-state index in [2.05, 4.69) is 24.1 Å². The molecule has 1 amide bonds. The minimum Gasteiger partial charge on any atom is -0.341 e. The van der Waals surface area contributed by atoms with Crippen molar-refractivity contribution in [1.82, 2.24) is 10.2 Å². The maximum Gasteiger partial charge on any atom is 0.239 e. The number of nitrogens with zero attached hydrogens (tertiary/aromatic N) is 1. The van der Waals surface area contributed by atoms with E-state index >= 15 is 0 Å². The van der Waals surface area contributed by atoms with E-state index in [1.807, 2.05) is 0 Å². The van der Waals surface area contributed by atoms with Crippen LogP contribution in [0.2, 0.25) is 0 Å². The van der Waals surface area contributed by atoms with Crippen LogP contribution in [0.4, 0.5) is 0 Å². The molecule has 0 aromatic carbocycles. The first-order chi connectivity index (χ1) is 8.14. The maximum absolute atomic E-state index is 12.2. The Morgan fingerprint density at radius 3 is 2.76 bits per heavy atom. The SMILES string of the molecule is CCCNC1CCN(CC2(C)CCCC2)C1=O. The second-order valence-corrected chi connectivity index (χ2v) is 6.07. The first kappa shape index (κ1) is 12.9. The summed E-state index contributed by atoms with van der Waals surface area (Å²) in [6.07, 6.45) is 7.37. The normalized spacial score (nSPS) is 28.0. The molecule has 2 fully saturated rings.